The topological polar surface area (TPSA) is 20.3 Å². The Bertz CT molecular complexity index is 215. The minimum absolute atomic E-state index is 0.227. The molecule has 1 atom stereocenters. The molecule has 0 aromatic carbocycles. The van der Waals surface area contributed by atoms with E-state index in [0.29, 0.717) is 6.42 Å². The summed E-state index contributed by atoms with van der Waals surface area (Å²) in [5.74, 6) is 0.227. The Kier molecular flexibility index (Phi) is 5.26. The molecule has 1 rings (SSSR count). The quantitative estimate of drug-likeness (QED) is 0.651. The van der Waals surface area contributed by atoms with Crippen molar-refractivity contribution in [1.29, 1.82) is 0 Å². The van der Waals surface area contributed by atoms with Crippen molar-refractivity contribution in [2.45, 2.75) is 25.0 Å². The molecule has 1 unspecified atom stereocenters. The minimum atomic E-state index is 0.227. The summed E-state index contributed by atoms with van der Waals surface area (Å²) < 4.78 is 0. The van der Waals surface area contributed by atoms with E-state index in [1.807, 2.05) is 24.8 Å². The molecule has 0 radical (unpaired) electrons. The smallest absolute Gasteiger partial charge is 0.155 e. The molecule has 0 aliphatic carbocycles. The number of likely N-dealkylation sites (tertiary alicyclic amines) is 1. The zero-order valence-electron chi connectivity index (χ0n) is 9.03. The number of carbonyl (C=O) groups excluding carboxylic acids is 1. The van der Waals surface area contributed by atoms with Crippen molar-refractivity contribution in [2.24, 2.45) is 0 Å². The monoisotopic (exact) mass is 213 g/mol. The van der Waals surface area contributed by atoms with Crippen LogP contribution in [0.2, 0.25) is 0 Å². The van der Waals surface area contributed by atoms with Gasteiger partial charge in [0.05, 0.1) is 0 Å². The van der Waals surface area contributed by atoms with E-state index in [2.05, 4.69) is 11.2 Å². The third-order valence-electron chi connectivity index (χ3n) is 2.58. The molecular weight excluding hydrogens is 194 g/mol. The van der Waals surface area contributed by atoms with Crippen molar-refractivity contribution < 1.29 is 4.79 Å². The normalized spacial score (nSPS) is 23.4. The van der Waals surface area contributed by atoms with Gasteiger partial charge in [0.1, 0.15) is 0 Å². The van der Waals surface area contributed by atoms with E-state index in [0.717, 1.165) is 11.8 Å². The van der Waals surface area contributed by atoms with Crippen molar-refractivity contribution in [3.05, 3.63) is 12.2 Å². The van der Waals surface area contributed by atoms with E-state index < -0.39 is 0 Å². The fraction of sp³-hybridized carbons (Fsp3) is 0.727. The summed E-state index contributed by atoms with van der Waals surface area (Å²) in [6.45, 7) is 5.18. The predicted octanol–water partition coefficient (Wildman–Crippen LogP) is 1.96. The Morgan fingerprint density at radius 3 is 3.00 bits per heavy atom. The van der Waals surface area contributed by atoms with E-state index in [4.69, 9.17) is 0 Å². The Morgan fingerprint density at radius 2 is 2.43 bits per heavy atom. The van der Waals surface area contributed by atoms with Crippen LogP contribution in [-0.4, -0.2) is 41.8 Å². The molecule has 14 heavy (non-hydrogen) atoms. The number of ketones is 1. The van der Waals surface area contributed by atoms with Gasteiger partial charge in [0.25, 0.3) is 0 Å². The molecule has 80 valence electrons. The molecule has 0 aromatic rings. The lowest BCUT2D eigenvalue weighted by molar-refractivity contribution is -0.114. The van der Waals surface area contributed by atoms with Gasteiger partial charge in [0, 0.05) is 24.8 Å². The molecule has 1 fully saturated rings. The second-order valence-electron chi connectivity index (χ2n) is 3.63. The van der Waals surface area contributed by atoms with Gasteiger partial charge in [-0.3, -0.25) is 9.69 Å². The van der Waals surface area contributed by atoms with E-state index in [1.165, 1.54) is 19.5 Å². The zero-order valence-corrected chi connectivity index (χ0v) is 9.85. The lowest BCUT2D eigenvalue weighted by Crippen LogP contribution is -2.21. The Hall–Kier alpha value is -0.280. The maximum absolute atomic E-state index is 11.0. The van der Waals surface area contributed by atoms with Crippen LogP contribution in [0.1, 0.15) is 19.8 Å². The molecule has 0 amide bonds. The molecule has 1 heterocycles. The number of thioether (sulfide) groups is 1. The van der Waals surface area contributed by atoms with Gasteiger partial charge in [0.2, 0.25) is 0 Å². The zero-order chi connectivity index (χ0) is 10.4. The average Bonchev–Trinajstić information content (AvgIpc) is 2.65. The van der Waals surface area contributed by atoms with Gasteiger partial charge in [-0.1, -0.05) is 13.0 Å². The SMILES string of the molecule is CCC(=O)/C=C/CN1CCC(SC)C1. The van der Waals surface area contributed by atoms with Gasteiger partial charge in [-0.15, -0.1) is 0 Å². The van der Waals surface area contributed by atoms with Crippen LogP contribution in [-0.2, 0) is 4.79 Å². The first kappa shape index (κ1) is 11.8. The molecule has 1 aliphatic heterocycles. The molecule has 1 aliphatic rings. The highest BCUT2D eigenvalue weighted by Crippen LogP contribution is 2.19. The Morgan fingerprint density at radius 1 is 1.64 bits per heavy atom. The summed E-state index contributed by atoms with van der Waals surface area (Å²) in [5.41, 5.74) is 0. The fourth-order valence-corrected chi connectivity index (χ4v) is 2.31. The Balaban J connectivity index is 2.20. The summed E-state index contributed by atoms with van der Waals surface area (Å²) in [7, 11) is 0. The number of nitrogens with zero attached hydrogens (tertiary/aromatic N) is 1. The molecule has 0 aromatic heterocycles. The second kappa shape index (κ2) is 6.25. The lowest BCUT2D eigenvalue weighted by Gasteiger charge is -2.11. The number of allylic oxidation sites excluding steroid dienone is 1. The fourth-order valence-electron chi connectivity index (χ4n) is 1.61. The summed E-state index contributed by atoms with van der Waals surface area (Å²) in [6.07, 6.45) is 7.78. The van der Waals surface area contributed by atoms with Gasteiger partial charge in [-0.25, -0.2) is 0 Å². The maximum Gasteiger partial charge on any atom is 0.155 e. The molecule has 0 saturated carbocycles. The number of rotatable bonds is 5. The van der Waals surface area contributed by atoms with Gasteiger partial charge in [-0.05, 0) is 25.3 Å². The molecule has 2 nitrogen and oxygen atoms in total. The minimum Gasteiger partial charge on any atom is -0.299 e. The standard InChI is InChI=1S/C11H19NOS/c1-3-10(13)5-4-7-12-8-6-11(9-12)14-2/h4-5,11H,3,6-9H2,1-2H3/b5-4+. The second-order valence-corrected chi connectivity index (χ2v) is 4.77. The van der Waals surface area contributed by atoms with E-state index in [1.54, 1.807) is 6.08 Å². The maximum atomic E-state index is 11.0. The van der Waals surface area contributed by atoms with Crippen LogP contribution >= 0.6 is 11.8 Å². The van der Waals surface area contributed by atoms with Crippen molar-refractivity contribution in [3.63, 3.8) is 0 Å². The summed E-state index contributed by atoms with van der Waals surface area (Å²) in [5, 5.41) is 0.797. The first-order valence-electron chi connectivity index (χ1n) is 5.20. The van der Waals surface area contributed by atoms with Crippen LogP contribution in [0.5, 0.6) is 0 Å². The van der Waals surface area contributed by atoms with Crippen LogP contribution in [0.15, 0.2) is 12.2 Å². The van der Waals surface area contributed by atoms with Crippen molar-refractivity contribution in [1.82, 2.24) is 4.90 Å². The summed E-state index contributed by atoms with van der Waals surface area (Å²) in [4.78, 5) is 13.4. The van der Waals surface area contributed by atoms with Crippen LogP contribution in [0, 0.1) is 0 Å². The summed E-state index contributed by atoms with van der Waals surface area (Å²) in [6, 6.07) is 0. The highest BCUT2D eigenvalue weighted by molar-refractivity contribution is 7.99. The molecule has 0 N–H and O–H groups in total. The van der Waals surface area contributed by atoms with Crippen LogP contribution in [0.3, 0.4) is 0 Å². The van der Waals surface area contributed by atoms with Gasteiger partial charge in [0.15, 0.2) is 5.78 Å². The van der Waals surface area contributed by atoms with Crippen LogP contribution in [0.25, 0.3) is 0 Å². The molecular formula is C11H19NOS. The van der Waals surface area contributed by atoms with Gasteiger partial charge < -0.3 is 0 Å². The van der Waals surface area contributed by atoms with Gasteiger partial charge in [-0.2, -0.15) is 11.8 Å². The predicted molar refractivity (Wildman–Crippen MR) is 62.8 cm³/mol. The van der Waals surface area contributed by atoms with E-state index in [-0.39, 0.29) is 5.78 Å². The molecule has 0 bridgehead atoms. The summed E-state index contributed by atoms with van der Waals surface area (Å²) >= 11 is 1.95. The number of hydrogen-bond donors (Lipinski definition) is 0. The van der Waals surface area contributed by atoms with Crippen molar-refractivity contribution in [3.8, 4) is 0 Å². The van der Waals surface area contributed by atoms with E-state index in [9.17, 15) is 4.79 Å². The lowest BCUT2D eigenvalue weighted by atomic mass is 10.3. The molecule has 3 heteroatoms. The first-order valence-corrected chi connectivity index (χ1v) is 6.49. The average molecular weight is 213 g/mol. The number of carbonyl (C=O) groups is 1. The first-order chi connectivity index (χ1) is 6.76. The largest absolute Gasteiger partial charge is 0.299 e. The highest BCUT2D eigenvalue weighted by Gasteiger charge is 2.19. The van der Waals surface area contributed by atoms with E-state index >= 15 is 0 Å². The van der Waals surface area contributed by atoms with Crippen LogP contribution in [0.4, 0.5) is 0 Å². The van der Waals surface area contributed by atoms with Crippen LogP contribution < -0.4 is 0 Å². The number of hydrogen-bond acceptors (Lipinski definition) is 3. The van der Waals surface area contributed by atoms with Crippen molar-refractivity contribution >= 4 is 17.5 Å². The molecule has 1 saturated heterocycles. The van der Waals surface area contributed by atoms with Gasteiger partial charge >= 0.3 is 0 Å². The highest BCUT2D eigenvalue weighted by atomic mass is 32.2. The third-order valence-corrected chi connectivity index (χ3v) is 3.63. The molecule has 0 spiro atoms. The third kappa shape index (κ3) is 3.84. The Labute approximate surface area is 90.7 Å². The van der Waals surface area contributed by atoms with Crippen molar-refractivity contribution in [2.75, 3.05) is 25.9 Å².